The van der Waals surface area contributed by atoms with E-state index in [9.17, 15) is 10.2 Å². The molecule has 4 rings (SSSR count). The zero-order valence-electron chi connectivity index (χ0n) is 17.4. The lowest BCUT2D eigenvalue weighted by molar-refractivity contribution is -0.373. The van der Waals surface area contributed by atoms with Crippen molar-refractivity contribution in [1.29, 1.82) is 0 Å². The molecule has 30 heavy (non-hydrogen) atoms. The maximum absolute atomic E-state index is 10.4. The van der Waals surface area contributed by atoms with Crippen LogP contribution in [0.3, 0.4) is 0 Å². The van der Waals surface area contributed by atoms with Crippen molar-refractivity contribution in [3.63, 3.8) is 0 Å². The Morgan fingerprint density at radius 1 is 0.833 bits per heavy atom. The van der Waals surface area contributed by atoms with Crippen LogP contribution in [0.1, 0.15) is 48.7 Å². The first kappa shape index (κ1) is 21.4. The number of aryl methyl sites for hydroxylation is 2. The lowest BCUT2D eigenvalue weighted by atomic mass is 9.99. The summed E-state index contributed by atoms with van der Waals surface area (Å²) in [4.78, 5) is 0. The second-order valence-corrected chi connectivity index (χ2v) is 7.81. The van der Waals surface area contributed by atoms with Gasteiger partial charge in [0.1, 0.15) is 24.4 Å². The lowest BCUT2D eigenvalue weighted by Gasteiger charge is -2.47. The molecule has 0 bridgehead atoms. The molecule has 0 saturated carbocycles. The quantitative estimate of drug-likeness (QED) is 0.757. The van der Waals surface area contributed by atoms with Crippen molar-refractivity contribution in [1.82, 2.24) is 0 Å². The SMILES string of the molecule is CCc1ccc([C@H]2OC[C@@H]3O[C@@H](c4ccc(CC)cc4)O[C@H]([C@H](O)CO)[C@H]3O2)cc1. The van der Waals surface area contributed by atoms with Gasteiger partial charge in [-0.1, -0.05) is 62.4 Å². The zero-order valence-corrected chi connectivity index (χ0v) is 17.4. The summed E-state index contributed by atoms with van der Waals surface area (Å²) in [5.41, 5.74) is 4.22. The Hall–Kier alpha value is -1.80. The van der Waals surface area contributed by atoms with Crippen LogP contribution in [0.25, 0.3) is 0 Å². The molecule has 2 N–H and O–H groups in total. The van der Waals surface area contributed by atoms with Gasteiger partial charge in [-0.2, -0.15) is 0 Å². The van der Waals surface area contributed by atoms with Gasteiger partial charge in [0.05, 0.1) is 13.2 Å². The van der Waals surface area contributed by atoms with Crippen molar-refractivity contribution in [3.05, 3.63) is 70.8 Å². The maximum Gasteiger partial charge on any atom is 0.184 e. The van der Waals surface area contributed by atoms with Crippen molar-refractivity contribution in [2.45, 2.75) is 63.7 Å². The molecule has 0 radical (unpaired) electrons. The van der Waals surface area contributed by atoms with Crippen LogP contribution in [-0.2, 0) is 31.8 Å². The predicted molar refractivity (Wildman–Crippen MR) is 111 cm³/mol. The van der Waals surface area contributed by atoms with Crippen LogP contribution in [0.4, 0.5) is 0 Å². The summed E-state index contributed by atoms with van der Waals surface area (Å²) in [7, 11) is 0. The van der Waals surface area contributed by atoms with Crippen molar-refractivity contribution in [2.75, 3.05) is 13.2 Å². The molecule has 0 spiro atoms. The van der Waals surface area contributed by atoms with Crippen LogP contribution in [0.5, 0.6) is 0 Å². The maximum atomic E-state index is 10.4. The van der Waals surface area contributed by atoms with Crippen LogP contribution in [0.15, 0.2) is 48.5 Å². The molecule has 0 aliphatic carbocycles. The number of hydrogen-bond acceptors (Lipinski definition) is 6. The van der Waals surface area contributed by atoms with Gasteiger partial charge in [-0.3, -0.25) is 0 Å². The molecule has 2 fully saturated rings. The first-order valence-corrected chi connectivity index (χ1v) is 10.7. The minimum Gasteiger partial charge on any atom is -0.394 e. The molecule has 162 valence electrons. The summed E-state index contributed by atoms with van der Waals surface area (Å²) in [6, 6.07) is 16.1. The molecule has 6 nitrogen and oxygen atoms in total. The van der Waals surface area contributed by atoms with E-state index in [4.69, 9.17) is 18.9 Å². The molecule has 2 aliphatic rings. The summed E-state index contributed by atoms with van der Waals surface area (Å²) in [5.74, 6) is 0. The second kappa shape index (κ2) is 9.56. The molecule has 2 saturated heterocycles. The zero-order chi connectivity index (χ0) is 21.1. The van der Waals surface area contributed by atoms with Gasteiger partial charge < -0.3 is 29.2 Å². The van der Waals surface area contributed by atoms with Gasteiger partial charge in [0.2, 0.25) is 0 Å². The summed E-state index contributed by atoms with van der Waals surface area (Å²) in [6.07, 6.45) is -2.09. The van der Waals surface area contributed by atoms with Gasteiger partial charge >= 0.3 is 0 Å². The summed E-state index contributed by atoms with van der Waals surface area (Å²) < 4.78 is 24.3. The van der Waals surface area contributed by atoms with E-state index >= 15 is 0 Å². The molecule has 0 amide bonds. The minimum atomic E-state index is -1.08. The van der Waals surface area contributed by atoms with Gasteiger partial charge in [0, 0.05) is 11.1 Å². The molecular weight excluding hydrogens is 384 g/mol. The molecule has 6 atom stereocenters. The fraction of sp³-hybridized carbons (Fsp3) is 0.500. The smallest absolute Gasteiger partial charge is 0.184 e. The Balaban J connectivity index is 1.52. The fourth-order valence-corrected chi connectivity index (χ4v) is 3.93. The van der Waals surface area contributed by atoms with Crippen LogP contribution >= 0.6 is 0 Å². The second-order valence-electron chi connectivity index (χ2n) is 7.81. The van der Waals surface area contributed by atoms with E-state index in [0.29, 0.717) is 6.61 Å². The normalized spacial score (nSPS) is 29.9. The lowest BCUT2D eigenvalue weighted by Crippen LogP contribution is -2.58. The standard InChI is InChI=1S/C24H30O6/c1-3-15-5-9-17(10-6-15)23-27-14-20-22(30-23)21(19(26)13-25)29-24(28-20)18-11-7-16(4-2)8-12-18/h5-12,19-26H,3-4,13-14H2,1-2H3/t19-,20+,21-,22+,23+,24-/m1/s1. The molecule has 0 aromatic heterocycles. The van der Waals surface area contributed by atoms with E-state index in [2.05, 4.69) is 26.0 Å². The Morgan fingerprint density at radius 2 is 1.40 bits per heavy atom. The number of fused-ring (bicyclic) bond motifs is 1. The number of hydrogen-bond donors (Lipinski definition) is 2. The molecule has 6 heteroatoms. The van der Waals surface area contributed by atoms with E-state index in [1.807, 2.05) is 36.4 Å². The highest BCUT2D eigenvalue weighted by Crippen LogP contribution is 2.39. The molecule has 2 aromatic carbocycles. The largest absolute Gasteiger partial charge is 0.394 e. The van der Waals surface area contributed by atoms with Crippen molar-refractivity contribution in [3.8, 4) is 0 Å². The van der Waals surface area contributed by atoms with Gasteiger partial charge in [-0.05, 0) is 24.0 Å². The van der Waals surface area contributed by atoms with E-state index < -0.39 is 43.6 Å². The summed E-state index contributed by atoms with van der Waals surface area (Å²) in [6.45, 7) is 4.10. The Morgan fingerprint density at radius 3 is 1.93 bits per heavy atom. The minimum absolute atomic E-state index is 0.312. The number of rotatable bonds is 6. The van der Waals surface area contributed by atoms with Crippen LogP contribution in [0, 0.1) is 0 Å². The monoisotopic (exact) mass is 414 g/mol. The Kier molecular flexibility index (Phi) is 6.83. The van der Waals surface area contributed by atoms with Crippen LogP contribution in [0.2, 0.25) is 0 Å². The van der Waals surface area contributed by atoms with Crippen molar-refractivity contribution >= 4 is 0 Å². The highest BCUT2D eigenvalue weighted by Gasteiger charge is 2.48. The molecule has 2 heterocycles. The van der Waals surface area contributed by atoms with Crippen molar-refractivity contribution < 1.29 is 29.2 Å². The number of benzene rings is 2. The summed E-state index contributed by atoms with van der Waals surface area (Å²) >= 11 is 0. The Labute approximate surface area is 177 Å². The van der Waals surface area contributed by atoms with E-state index in [0.717, 1.165) is 24.0 Å². The van der Waals surface area contributed by atoms with Gasteiger partial charge in [-0.15, -0.1) is 0 Å². The van der Waals surface area contributed by atoms with Crippen LogP contribution in [-0.4, -0.2) is 47.8 Å². The highest BCUT2D eigenvalue weighted by atomic mass is 16.8. The number of aliphatic hydroxyl groups excluding tert-OH is 2. The molecule has 2 aromatic rings. The number of aliphatic hydroxyl groups is 2. The number of ether oxygens (including phenoxy) is 4. The molecular formula is C24H30O6. The first-order chi connectivity index (χ1) is 14.6. The third-order valence-corrected chi connectivity index (χ3v) is 5.85. The van der Waals surface area contributed by atoms with E-state index in [-0.39, 0.29) is 0 Å². The highest BCUT2D eigenvalue weighted by molar-refractivity contribution is 5.25. The predicted octanol–water partition coefficient (Wildman–Crippen LogP) is 3.06. The van der Waals surface area contributed by atoms with Crippen LogP contribution < -0.4 is 0 Å². The fourth-order valence-electron chi connectivity index (χ4n) is 3.93. The van der Waals surface area contributed by atoms with E-state index in [1.165, 1.54) is 11.1 Å². The topological polar surface area (TPSA) is 77.4 Å². The third-order valence-electron chi connectivity index (χ3n) is 5.85. The van der Waals surface area contributed by atoms with Gasteiger partial charge in [0.25, 0.3) is 0 Å². The molecule has 0 unspecified atom stereocenters. The van der Waals surface area contributed by atoms with Gasteiger partial charge in [-0.25, -0.2) is 0 Å². The average molecular weight is 414 g/mol. The average Bonchev–Trinajstić information content (AvgIpc) is 2.82. The molecule has 2 aliphatic heterocycles. The van der Waals surface area contributed by atoms with E-state index in [1.54, 1.807) is 0 Å². The first-order valence-electron chi connectivity index (χ1n) is 10.7. The Bertz CT molecular complexity index is 803. The summed E-state index contributed by atoms with van der Waals surface area (Å²) in [5, 5.41) is 20.0. The van der Waals surface area contributed by atoms with Gasteiger partial charge in [0.15, 0.2) is 12.6 Å². The van der Waals surface area contributed by atoms with Crippen molar-refractivity contribution in [2.24, 2.45) is 0 Å². The third kappa shape index (κ3) is 4.44.